The highest BCUT2D eigenvalue weighted by Crippen LogP contribution is 2.42. The van der Waals surface area contributed by atoms with E-state index in [1.54, 1.807) is 21.1 Å². The third-order valence-electron chi connectivity index (χ3n) is 2.61. The molecule has 0 saturated heterocycles. The molecule has 0 aliphatic rings. The fourth-order valence-corrected chi connectivity index (χ4v) is 1.83. The maximum Gasteiger partial charge on any atom is 0.167 e. The van der Waals surface area contributed by atoms with Gasteiger partial charge in [0.1, 0.15) is 5.75 Å². The first-order chi connectivity index (χ1) is 7.62. The van der Waals surface area contributed by atoms with Crippen molar-refractivity contribution in [2.45, 2.75) is 13.8 Å². The van der Waals surface area contributed by atoms with Crippen molar-refractivity contribution in [1.82, 2.24) is 0 Å². The van der Waals surface area contributed by atoms with Crippen LogP contribution in [-0.2, 0) is 0 Å². The summed E-state index contributed by atoms with van der Waals surface area (Å²) >= 11 is 0. The van der Waals surface area contributed by atoms with Crippen LogP contribution in [0.3, 0.4) is 0 Å². The summed E-state index contributed by atoms with van der Waals surface area (Å²) in [7, 11) is 4.64. The van der Waals surface area contributed by atoms with E-state index in [0.717, 1.165) is 17.4 Å². The number of hydrogen-bond acceptors (Lipinski definition) is 4. The molecular formula is C12H16O4. The standard InChI is InChI=1S/C12H16O4/c1-7-9(6-13)10(14-3)8(2)12(16-5)11(7)15-4/h6H,1-5H3. The summed E-state index contributed by atoms with van der Waals surface area (Å²) in [4.78, 5) is 11.1. The molecule has 4 nitrogen and oxygen atoms in total. The van der Waals surface area contributed by atoms with E-state index in [4.69, 9.17) is 14.2 Å². The zero-order valence-electron chi connectivity index (χ0n) is 10.2. The summed E-state index contributed by atoms with van der Waals surface area (Å²) in [6, 6.07) is 0. The van der Waals surface area contributed by atoms with Crippen LogP contribution in [-0.4, -0.2) is 27.6 Å². The average molecular weight is 224 g/mol. The molecule has 0 atom stereocenters. The van der Waals surface area contributed by atoms with Crippen LogP contribution in [0.5, 0.6) is 17.2 Å². The van der Waals surface area contributed by atoms with Crippen molar-refractivity contribution in [2.75, 3.05) is 21.3 Å². The summed E-state index contributed by atoms with van der Waals surface area (Å²) in [5, 5.41) is 0. The third-order valence-corrected chi connectivity index (χ3v) is 2.61. The van der Waals surface area contributed by atoms with Gasteiger partial charge in [0.2, 0.25) is 0 Å². The number of carbonyl (C=O) groups excluding carboxylic acids is 1. The van der Waals surface area contributed by atoms with Crippen LogP contribution in [0.2, 0.25) is 0 Å². The van der Waals surface area contributed by atoms with Crippen LogP contribution >= 0.6 is 0 Å². The molecule has 0 N–H and O–H groups in total. The van der Waals surface area contributed by atoms with E-state index in [1.165, 1.54) is 7.11 Å². The summed E-state index contributed by atoms with van der Waals surface area (Å²) in [6.45, 7) is 3.62. The number of methoxy groups -OCH3 is 3. The molecule has 0 radical (unpaired) electrons. The Morgan fingerprint density at radius 2 is 1.25 bits per heavy atom. The van der Waals surface area contributed by atoms with Gasteiger partial charge < -0.3 is 14.2 Å². The Morgan fingerprint density at radius 3 is 1.62 bits per heavy atom. The Hall–Kier alpha value is -1.71. The number of carbonyl (C=O) groups is 1. The first-order valence-corrected chi connectivity index (χ1v) is 4.86. The lowest BCUT2D eigenvalue weighted by Gasteiger charge is -2.18. The SMILES string of the molecule is COc1c(C)c(OC)c(OC)c(C)c1C=O. The molecule has 0 aliphatic heterocycles. The molecule has 0 aromatic heterocycles. The van der Waals surface area contributed by atoms with Gasteiger partial charge in [0.25, 0.3) is 0 Å². The molecule has 0 saturated carbocycles. The van der Waals surface area contributed by atoms with Gasteiger partial charge >= 0.3 is 0 Å². The maximum atomic E-state index is 11.1. The quantitative estimate of drug-likeness (QED) is 0.735. The lowest BCUT2D eigenvalue weighted by Crippen LogP contribution is -2.03. The van der Waals surface area contributed by atoms with E-state index in [-0.39, 0.29) is 0 Å². The summed E-state index contributed by atoms with van der Waals surface area (Å²) < 4.78 is 15.7. The number of benzene rings is 1. The molecule has 1 rings (SSSR count). The minimum absolute atomic E-state index is 0.498. The Kier molecular flexibility index (Phi) is 3.77. The number of aldehydes is 1. The maximum absolute atomic E-state index is 11.1. The highest BCUT2D eigenvalue weighted by Gasteiger charge is 2.21. The van der Waals surface area contributed by atoms with Crippen molar-refractivity contribution in [3.63, 3.8) is 0 Å². The van der Waals surface area contributed by atoms with E-state index in [9.17, 15) is 4.79 Å². The summed E-state index contributed by atoms with van der Waals surface area (Å²) in [6.07, 6.45) is 0.767. The van der Waals surface area contributed by atoms with Crippen LogP contribution in [0.1, 0.15) is 21.5 Å². The van der Waals surface area contributed by atoms with Crippen LogP contribution in [0.15, 0.2) is 0 Å². The summed E-state index contributed by atoms with van der Waals surface area (Å²) in [5.41, 5.74) is 1.98. The number of hydrogen-bond donors (Lipinski definition) is 0. The molecule has 0 bridgehead atoms. The van der Waals surface area contributed by atoms with Gasteiger partial charge in [0.15, 0.2) is 17.8 Å². The van der Waals surface area contributed by atoms with E-state index < -0.39 is 0 Å². The van der Waals surface area contributed by atoms with Crippen LogP contribution in [0.4, 0.5) is 0 Å². The highest BCUT2D eigenvalue weighted by molar-refractivity contribution is 5.85. The van der Waals surface area contributed by atoms with Crippen molar-refractivity contribution in [1.29, 1.82) is 0 Å². The second kappa shape index (κ2) is 4.88. The second-order valence-corrected chi connectivity index (χ2v) is 3.38. The molecule has 0 unspecified atom stereocenters. The Bertz CT molecular complexity index is 410. The lowest BCUT2D eigenvalue weighted by atomic mass is 10.0. The molecule has 0 aliphatic carbocycles. The van der Waals surface area contributed by atoms with E-state index in [1.807, 2.05) is 6.92 Å². The van der Waals surface area contributed by atoms with Gasteiger partial charge in [-0.2, -0.15) is 0 Å². The lowest BCUT2D eigenvalue weighted by molar-refractivity contribution is 0.111. The fourth-order valence-electron chi connectivity index (χ4n) is 1.83. The van der Waals surface area contributed by atoms with Gasteiger partial charge in [0.05, 0.1) is 26.9 Å². The average Bonchev–Trinajstić information content (AvgIpc) is 2.30. The van der Waals surface area contributed by atoms with Crippen molar-refractivity contribution >= 4 is 6.29 Å². The van der Waals surface area contributed by atoms with E-state index >= 15 is 0 Å². The van der Waals surface area contributed by atoms with Gasteiger partial charge in [0, 0.05) is 11.1 Å². The zero-order valence-corrected chi connectivity index (χ0v) is 10.2. The molecule has 4 heteroatoms. The van der Waals surface area contributed by atoms with Crippen molar-refractivity contribution in [3.05, 3.63) is 16.7 Å². The van der Waals surface area contributed by atoms with Crippen molar-refractivity contribution < 1.29 is 19.0 Å². The van der Waals surface area contributed by atoms with Gasteiger partial charge in [-0.05, 0) is 13.8 Å². The van der Waals surface area contributed by atoms with Crippen LogP contribution < -0.4 is 14.2 Å². The molecule has 0 amide bonds. The predicted octanol–water partition coefficient (Wildman–Crippen LogP) is 2.14. The minimum Gasteiger partial charge on any atom is -0.496 e. The molecule has 16 heavy (non-hydrogen) atoms. The van der Waals surface area contributed by atoms with Crippen LogP contribution in [0, 0.1) is 13.8 Å². The summed E-state index contributed by atoms with van der Waals surface area (Å²) in [5.74, 6) is 1.70. The normalized spacial score (nSPS) is 9.81. The Balaban J connectivity index is 3.67. The molecule has 0 heterocycles. The first-order valence-electron chi connectivity index (χ1n) is 4.86. The monoisotopic (exact) mass is 224 g/mol. The predicted molar refractivity (Wildman–Crippen MR) is 61.0 cm³/mol. The Morgan fingerprint density at radius 1 is 0.812 bits per heavy atom. The molecule has 88 valence electrons. The molecule has 1 aromatic carbocycles. The number of rotatable bonds is 4. The second-order valence-electron chi connectivity index (χ2n) is 3.38. The molecule has 1 aromatic rings. The molecule has 0 spiro atoms. The van der Waals surface area contributed by atoms with Crippen LogP contribution in [0.25, 0.3) is 0 Å². The third kappa shape index (κ3) is 1.71. The van der Waals surface area contributed by atoms with E-state index in [2.05, 4.69) is 0 Å². The van der Waals surface area contributed by atoms with Crippen molar-refractivity contribution in [2.24, 2.45) is 0 Å². The number of ether oxygens (including phenoxy) is 3. The first kappa shape index (κ1) is 12.4. The molecular weight excluding hydrogens is 208 g/mol. The largest absolute Gasteiger partial charge is 0.496 e. The molecule has 0 fully saturated rings. The topological polar surface area (TPSA) is 44.8 Å². The van der Waals surface area contributed by atoms with Gasteiger partial charge in [-0.3, -0.25) is 4.79 Å². The Labute approximate surface area is 95.1 Å². The zero-order chi connectivity index (χ0) is 12.3. The fraction of sp³-hybridized carbons (Fsp3) is 0.417. The van der Waals surface area contributed by atoms with Crippen molar-refractivity contribution in [3.8, 4) is 17.2 Å². The van der Waals surface area contributed by atoms with E-state index in [0.29, 0.717) is 22.8 Å². The smallest absolute Gasteiger partial charge is 0.167 e. The highest BCUT2D eigenvalue weighted by atomic mass is 16.5. The van der Waals surface area contributed by atoms with Gasteiger partial charge in [-0.25, -0.2) is 0 Å². The van der Waals surface area contributed by atoms with Gasteiger partial charge in [-0.15, -0.1) is 0 Å². The minimum atomic E-state index is 0.498. The van der Waals surface area contributed by atoms with Gasteiger partial charge in [-0.1, -0.05) is 0 Å².